The number of hydrogen-bond acceptors (Lipinski definition) is 8. The Labute approximate surface area is 244 Å². The van der Waals surface area contributed by atoms with Gasteiger partial charge in [-0.25, -0.2) is 4.98 Å². The fraction of sp³-hybridized carbons (Fsp3) is 0.310. The number of fused-ring (bicyclic) bond motifs is 1. The lowest BCUT2D eigenvalue weighted by atomic mass is 10.0. The van der Waals surface area contributed by atoms with Crippen LogP contribution in [-0.4, -0.2) is 71.4 Å². The third-order valence-electron chi connectivity index (χ3n) is 6.99. The Hall–Kier alpha value is -4.07. The molecule has 2 N–H and O–H groups in total. The number of piperazine rings is 1. The number of likely N-dealkylation sites (N-methyl/N-ethyl adjacent to an activating group) is 1. The zero-order valence-electron chi connectivity index (χ0n) is 23.0. The molecule has 2 aromatic carbocycles. The first-order chi connectivity index (χ1) is 20.1. The van der Waals surface area contributed by atoms with Crippen molar-refractivity contribution in [1.82, 2.24) is 25.1 Å². The molecule has 2 aromatic heterocycles. The molecule has 220 valence electrons. The molecular formula is C29H29F3N6O3S. The van der Waals surface area contributed by atoms with Gasteiger partial charge in [-0.3, -0.25) is 24.8 Å². The van der Waals surface area contributed by atoms with Crippen LogP contribution in [0.25, 0.3) is 10.2 Å². The number of benzene rings is 2. The van der Waals surface area contributed by atoms with Crippen molar-refractivity contribution >= 4 is 38.5 Å². The SMILES string of the molecule is CCN1CCN(Cc2ccc(C(=O)Nc3nc4ccc(Oc5ccnc(C(=O)NC)c5)cc4s3)cc2C(F)(F)F)CC1. The Bertz CT molecular complexity index is 1600. The maximum atomic E-state index is 14.0. The Morgan fingerprint density at radius 1 is 0.976 bits per heavy atom. The zero-order valence-corrected chi connectivity index (χ0v) is 23.8. The Morgan fingerprint density at radius 3 is 2.43 bits per heavy atom. The number of halogens is 3. The minimum Gasteiger partial charge on any atom is -0.457 e. The van der Waals surface area contributed by atoms with Crippen LogP contribution in [0.2, 0.25) is 0 Å². The van der Waals surface area contributed by atoms with Crippen LogP contribution in [0.15, 0.2) is 54.7 Å². The van der Waals surface area contributed by atoms with Gasteiger partial charge in [0.1, 0.15) is 17.2 Å². The Balaban J connectivity index is 1.29. The quantitative estimate of drug-likeness (QED) is 0.286. The highest BCUT2D eigenvalue weighted by molar-refractivity contribution is 7.22. The minimum absolute atomic E-state index is 0.102. The molecule has 42 heavy (non-hydrogen) atoms. The lowest BCUT2D eigenvalue weighted by Crippen LogP contribution is -2.45. The van der Waals surface area contributed by atoms with E-state index in [9.17, 15) is 22.8 Å². The predicted molar refractivity (Wildman–Crippen MR) is 154 cm³/mol. The maximum absolute atomic E-state index is 14.0. The lowest BCUT2D eigenvalue weighted by Gasteiger charge is -2.34. The van der Waals surface area contributed by atoms with Gasteiger partial charge < -0.3 is 15.0 Å². The van der Waals surface area contributed by atoms with Crippen molar-refractivity contribution in [3.63, 3.8) is 0 Å². The zero-order chi connectivity index (χ0) is 29.9. The number of carbonyl (C=O) groups excluding carboxylic acids is 2. The molecule has 0 unspecified atom stereocenters. The molecular weight excluding hydrogens is 569 g/mol. The van der Waals surface area contributed by atoms with E-state index >= 15 is 0 Å². The molecule has 5 rings (SSSR count). The summed E-state index contributed by atoms with van der Waals surface area (Å²) in [5.74, 6) is -0.147. The van der Waals surface area contributed by atoms with E-state index in [0.717, 1.165) is 37.0 Å². The summed E-state index contributed by atoms with van der Waals surface area (Å²) in [6.45, 7) is 6.17. The van der Waals surface area contributed by atoms with Crippen LogP contribution >= 0.6 is 11.3 Å². The highest BCUT2D eigenvalue weighted by atomic mass is 32.1. The average Bonchev–Trinajstić information content (AvgIpc) is 3.38. The molecule has 0 radical (unpaired) electrons. The molecule has 1 aliphatic rings. The van der Waals surface area contributed by atoms with Crippen molar-refractivity contribution in [3.05, 3.63) is 77.1 Å². The number of hydrogen-bond donors (Lipinski definition) is 2. The predicted octanol–water partition coefficient (Wildman–Crippen LogP) is 5.25. The second-order valence-electron chi connectivity index (χ2n) is 9.74. The van der Waals surface area contributed by atoms with E-state index in [1.807, 2.05) is 4.90 Å². The van der Waals surface area contributed by atoms with E-state index in [2.05, 4.69) is 32.4 Å². The second-order valence-corrected chi connectivity index (χ2v) is 10.8. The monoisotopic (exact) mass is 598 g/mol. The van der Waals surface area contributed by atoms with Gasteiger partial charge in [0.2, 0.25) is 0 Å². The second kappa shape index (κ2) is 12.4. The third-order valence-corrected chi connectivity index (χ3v) is 7.92. The number of ether oxygens (including phenoxy) is 1. The smallest absolute Gasteiger partial charge is 0.416 e. The van der Waals surface area contributed by atoms with E-state index in [4.69, 9.17) is 4.74 Å². The molecule has 0 bridgehead atoms. The van der Waals surface area contributed by atoms with Gasteiger partial charge in [0.05, 0.1) is 15.8 Å². The van der Waals surface area contributed by atoms with E-state index in [1.54, 1.807) is 24.3 Å². The summed E-state index contributed by atoms with van der Waals surface area (Å²) < 4.78 is 48.6. The topological polar surface area (TPSA) is 99.7 Å². The maximum Gasteiger partial charge on any atom is 0.416 e. The fourth-order valence-corrected chi connectivity index (χ4v) is 5.57. The molecule has 1 saturated heterocycles. The van der Waals surface area contributed by atoms with Crippen molar-refractivity contribution in [1.29, 1.82) is 0 Å². The first-order valence-electron chi connectivity index (χ1n) is 13.4. The van der Waals surface area contributed by atoms with Crippen LogP contribution in [-0.2, 0) is 12.7 Å². The van der Waals surface area contributed by atoms with E-state index in [1.165, 1.54) is 31.4 Å². The van der Waals surface area contributed by atoms with Crippen molar-refractivity contribution < 1.29 is 27.5 Å². The van der Waals surface area contributed by atoms with Crippen LogP contribution in [0.4, 0.5) is 18.3 Å². The van der Waals surface area contributed by atoms with Crippen molar-refractivity contribution in [3.8, 4) is 11.5 Å². The molecule has 0 saturated carbocycles. The van der Waals surface area contributed by atoms with Crippen molar-refractivity contribution in [2.45, 2.75) is 19.6 Å². The molecule has 0 atom stereocenters. The van der Waals surface area contributed by atoms with E-state index < -0.39 is 17.6 Å². The lowest BCUT2D eigenvalue weighted by molar-refractivity contribution is -0.138. The molecule has 13 heteroatoms. The minimum atomic E-state index is -4.60. The van der Waals surface area contributed by atoms with Crippen LogP contribution < -0.4 is 15.4 Å². The van der Waals surface area contributed by atoms with Crippen LogP contribution in [0, 0.1) is 0 Å². The summed E-state index contributed by atoms with van der Waals surface area (Å²) in [6, 6.07) is 12.0. The highest BCUT2D eigenvalue weighted by Gasteiger charge is 2.34. The summed E-state index contributed by atoms with van der Waals surface area (Å²) in [5.41, 5.74) is 0.0195. The number of amides is 2. The number of thiazole rings is 1. The summed E-state index contributed by atoms with van der Waals surface area (Å²) in [4.78, 5) is 37.5. The van der Waals surface area contributed by atoms with Gasteiger partial charge in [0.15, 0.2) is 5.13 Å². The molecule has 2 amide bonds. The number of alkyl halides is 3. The number of carbonyl (C=O) groups is 2. The largest absolute Gasteiger partial charge is 0.457 e. The first kappa shape index (κ1) is 29.4. The van der Waals surface area contributed by atoms with Gasteiger partial charge in [0.25, 0.3) is 11.8 Å². The molecule has 4 aromatic rings. The summed E-state index contributed by atoms with van der Waals surface area (Å²) in [6.07, 6.45) is -3.14. The number of aromatic nitrogens is 2. The molecule has 1 fully saturated rings. The summed E-state index contributed by atoms with van der Waals surface area (Å²) >= 11 is 1.16. The average molecular weight is 599 g/mol. The van der Waals surface area contributed by atoms with Gasteiger partial charge in [-0.2, -0.15) is 13.2 Å². The van der Waals surface area contributed by atoms with Crippen molar-refractivity contribution in [2.24, 2.45) is 0 Å². The first-order valence-corrected chi connectivity index (χ1v) is 14.2. The van der Waals surface area contributed by atoms with Crippen molar-refractivity contribution in [2.75, 3.05) is 45.1 Å². The number of rotatable bonds is 8. The molecule has 1 aliphatic heterocycles. The van der Waals surface area contributed by atoms with Gasteiger partial charge >= 0.3 is 6.18 Å². The Kier molecular flexibility index (Phi) is 8.71. The summed E-state index contributed by atoms with van der Waals surface area (Å²) in [7, 11) is 1.51. The number of nitrogens with zero attached hydrogens (tertiary/aromatic N) is 4. The molecule has 0 aliphatic carbocycles. The van der Waals surface area contributed by atoms with Gasteiger partial charge in [0, 0.05) is 63.7 Å². The van der Waals surface area contributed by atoms with E-state index in [-0.39, 0.29) is 34.4 Å². The molecule has 0 spiro atoms. The van der Waals surface area contributed by atoms with Crippen LogP contribution in [0.3, 0.4) is 0 Å². The normalized spacial score (nSPS) is 14.6. The van der Waals surface area contributed by atoms with E-state index in [0.29, 0.717) is 34.8 Å². The summed E-state index contributed by atoms with van der Waals surface area (Å²) in [5, 5.41) is 5.37. The number of pyridine rings is 1. The van der Waals surface area contributed by atoms with Crippen LogP contribution in [0.1, 0.15) is 38.9 Å². The van der Waals surface area contributed by atoms with Gasteiger partial charge in [-0.1, -0.05) is 24.3 Å². The fourth-order valence-electron chi connectivity index (χ4n) is 4.68. The standard InChI is InChI=1S/C29H29F3N6O3S/c1-3-37-10-12-38(13-11-37)17-19-5-4-18(14-22(19)29(30,31)32)26(39)36-28-35-23-7-6-20(16-25(23)42-28)41-21-8-9-34-24(15-21)27(40)33-2/h4-9,14-16H,3,10-13,17H2,1-2H3,(H,33,40)(H,35,36,39). The number of anilines is 1. The van der Waals surface area contributed by atoms with Crippen LogP contribution in [0.5, 0.6) is 11.5 Å². The highest BCUT2D eigenvalue weighted by Crippen LogP contribution is 2.35. The Morgan fingerprint density at radius 2 is 1.71 bits per heavy atom. The third kappa shape index (κ3) is 6.86. The molecule has 9 nitrogen and oxygen atoms in total. The van der Waals surface area contributed by atoms with Gasteiger partial charge in [-0.05, 0) is 42.4 Å². The van der Waals surface area contributed by atoms with Gasteiger partial charge in [-0.15, -0.1) is 0 Å². The molecule has 3 heterocycles. The number of nitrogens with one attached hydrogen (secondary N) is 2.